The van der Waals surface area contributed by atoms with Crippen molar-refractivity contribution in [2.45, 2.75) is 38.0 Å². The Balaban J connectivity index is 1.48. The number of terminal acetylenes is 1. The summed E-state index contributed by atoms with van der Waals surface area (Å²) in [4.78, 5) is 21.5. The van der Waals surface area contributed by atoms with E-state index in [2.05, 4.69) is 30.5 Å². The minimum absolute atomic E-state index is 0.152. The summed E-state index contributed by atoms with van der Waals surface area (Å²) in [6.45, 7) is 1.73. The third-order valence-corrected chi connectivity index (χ3v) is 6.64. The van der Waals surface area contributed by atoms with E-state index in [1.165, 1.54) is 12.5 Å². The summed E-state index contributed by atoms with van der Waals surface area (Å²) in [5.41, 5.74) is 2.16. The van der Waals surface area contributed by atoms with Crippen molar-refractivity contribution in [2.24, 2.45) is 11.1 Å². The van der Waals surface area contributed by atoms with Gasteiger partial charge < -0.3 is 10.4 Å². The molecule has 12 heteroatoms. The highest BCUT2D eigenvalue weighted by Crippen LogP contribution is 2.30. The van der Waals surface area contributed by atoms with E-state index in [1.807, 2.05) is 31.2 Å². The van der Waals surface area contributed by atoms with Crippen LogP contribution in [0.2, 0.25) is 0 Å². The summed E-state index contributed by atoms with van der Waals surface area (Å²) in [5, 5.41) is 22.8. The lowest BCUT2D eigenvalue weighted by molar-refractivity contribution is 0.101. The largest absolute Gasteiger partial charge is 0.393 e. The molecule has 2 aromatic heterocycles. The number of aliphatic hydroxyl groups is 1. The predicted molar refractivity (Wildman–Crippen MR) is 131 cm³/mol. The van der Waals surface area contributed by atoms with Gasteiger partial charge in [-0.1, -0.05) is 18.1 Å². The van der Waals surface area contributed by atoms with Gasteiger partial charge in [-0.25, -0.2) is 15.1 Å². The molecule has 2 heterocycles. The maximum atomic E-state index is 13.3. The number of nitrogens with one attached hydrogen (secondary N) is 1. The molecule has 1 aromatic carbocycles. The molecule has 4 N–H and O–H groups in total. The SMILES string of the molecule is C#Cc1cccc(C(C)n2ccc(C(=O)c3cncnc3N[C@@H]3C[C@H](COS(N)(=O)=O)[C@@H](O)C3)n2)c1. The number of nitrogens with two attached hydrogens (primary N) is 1. The van der Waals surface area contributed by atoms with Gasteiger partial charge >= 0.3 is 10.3 Å². The van der Waals surface area contributed by atoms with Crippen LogP contribution in [0.4, 0.5) is 5.82 Å². The van der Waals surface area contributed by atoms with Gasteiger partial charge in [0.1, 0.15) is 17.8 Å². The first-order valence-corrected chi connectivity index (χ1v) is 12.7. The summed E-state index contributed by atoms with van der Waals surface area (Å²) in [5.74, 6) is 2.11. The molecule has 0 spiro atoms. The number of ketones is 1. The fourth-order valence-corrected chi connectivity index (χ4v) is 4.60. The predicted octanol–water partition coefficient (Wildman–Crippen LogP) is 1.27. The van der Waals surface area contributed by atoms with Crippen molar-refractivity contribution >= 4 is 21.9 Å². The van der Waals surface area contributed by atoms with Crippen LogP contribution in [-0.4, -0.2) is 57.8 Å². The zero-order valence-corrected chi connectivity index (χ0v) is 20.3. The van der Waals surface area contributed by atoms with Crippen LogP contribution in [0.15, 0.2) is 49.1 Å². The molecular formula is C24H26N6O5S. The molecule has 1 fully saturated rings. The number of anilines is 1. The smallest absolute Gasteiger partial charge is 0.333 e. The molecule has 1 aliphatic carbocycles. The monoisotopic (exact) mass is 510 g/mol. The first kappa shape index (κ1) is 25.5. The Hall–Kier alpha value is -3.63. The van der Waals surface area contributed by atoms with Crippen molar-refractivity contribution in [3.8, 4) is 12.3 Å². The summed E-state index contributed by atoms with van der Waals surface area (Å²) in [7, 11) is -4.10. The molecule has 4 rings (SSSR count). The first-order valence-electron chi connectivity index (χ1n) is 11.2. The van der Waals surface area contributed by atoms with Gasteiger partial charge in [-0.05, 0) is 43.5 Å². The second-order valence-electron chi connectivity index (χ2n) is 8.66. The normalized spacial score (nSPS) is 20.6. The average molecular weight is 511 g/mol. The van der Waals surface area contributed by atoms with E-state index in [-0.39, 0.29) is 35.7 Å². The van der Waals surface area contributed by atoms with Crippen molar-refractivity contribution in [1.29, 1.82) is 0 Å². The van der Waals surface area contributed by atoms with E-state index in [9.17, 15) is 18.3 Å². The maximum absolute atomic E-state index is 13.3. The zero-order valence-electron chi connectivity index (χ0n) is 19.5. The van der Waals surface area contributed by atoms with Gasteiger partial charge in [-0.3, -0.25) is 13.7 Å². The van der Waals surface area contributed by atoms with Gasteiger partial charge in [0.2, 0.25) is 5.78 Å². The van der Waals surface area contributed by atoms with Crippen molar-refractivity contribution in [1.82, 2.24) is 19.7 Å². The Morgan fingerprint density at radius 1 is 1.39 bits per heavy atom. The van der Waals surface area contributed by atoms with E-state index >= 15 is 0 Å². The number of nitrogens with zero attached hydrogens (tertiary/aromatic N) is 4. The molecule has 4 atom stereocenters. The molecule has 188 valence electrons. The third-order valence-electron chi connectivity index (χ3n) is 6.18. The Bertz CT molecular complexity index is 1400. The van der Waals surface area contributed by atoms with E-state index in [0.29, 0.717) is 18.7 Å². The molecule has 0 amide bonds. The number of hydrogen-bond donors (Lipinski definition) is 3. The van der Waals surface area contributed by atoms with E-state index in [1.54, 1.807) is 16.9 Å². The molecule has 0 bridgehead atoms. The number of aliphatic hydroxyl groups excluding tert-OH is 1. The lowest BCUT2D eigenvalue weighted by atomic mass is 10.1. The van der Waals surface area contributed by atoms with Crippen LogP contribution < -0.4 is 10.5 Å². The Morgan fingerprint density at radius 2 is 2.19 bits per heavy atom. The third kappa shape index (κ3) is 5.95. The van der Waals surface area contributed by atoms with Crippen LogP contribution in [0.5, 0.6) is 0 Å². The highest BCUT2D eigenvalue weighted by atomic mass is 32.2. The van der Waals surface area contributed by atoms with Crippen molar-refractivity contribution in [3.63, 3.8) is 0 Å². The molecule has 1 unspecified atom stereocenters. The summed E-state index contributed by atoms with van der Waals surface area (Å²) < 4.78 is 28.4. The number of benzene rings is 1. The molecule has 0 saturated heterocycles. The van der Waals surface area contributed by atoms with E-state index in [0.717, 1.165) is 11.1 Å². The van der Waals surface area contributed by atoms with Crippen LogP contribution in [0.1, 0.15) is 53.0 Å². The molecule has 0 aliphatic heterocycles. The van der Waals surface area contributed by atoms with Crippen molar-refractivity contribution in [3.05, 3.63) is 71.4 Å². The quantitative estimate of drug-likeness (QED) is 0.284. The van der Waals surface area contributed by atoms with Crippen molar-refractivity contribution in [2.75, 3.05) is 11.9 Å². The van der Waals surface area contributed by atoms with Crippen molar-refractivity contribution < 1.29 is 22.5 Å². The number of carbonyl (C=O) groups excluding carboxylic acids is 1. The second kappa shape index (κ2) is 10.5. The number of carbonyl (C=O) groups is 1. The number of hydrogen-bond acceptors (Lipinski definition) is 9. The van der Waals surface area contributed by atoms with Crippen LogP contribution in [0.3, 0.4) is 0 Å². The Kier molecular flexibility index (Phi) is 7.46. The van der Waals surface area contributed by atoms with Crippen LogP contribution in [-0.2, 0) is 14.5 Å². The van der Waals surface area contributed by atoms with Gasteiger partial charge in [0, 0.05) is 29.9 Å². The molecule has 3 aromatic rings. The van der Waals surface area contributed by atoms with Crippen LogP contribution >= 0.6 is 0 Å². The highest BCUT2D eigenvalue weighted by molar-refractivity contribution is 7.84. The van der Waals surface area contributed by atoms with E-state index < -0.39 is 22.3 Å². The minimum atomic E-state index is -4.10. The first-order chi connectivity index (χ1) is 17.1. The topological polar surface area (TPSA) is 162 Å². The van der Waals surface area contributed by atoms with Gasteiger partial charge in [0.05, 0.1) is 24.3 Å². The highest BCUT2D eigenvalue weighted by Gasteiger charge is 2.35. The lowest BCUT2D eigenvalue weighted by Crippen LogP contribution is -2.24. The fraction of sp³-hybridized carbons (Fsp3) is 0.333. The van der Waals surface area contributed by atoms with Gasteiger partial charge in [0.25, 0.3) is 0 Å². The van der Waals surface area contributed by atoms with E-state index in [4.69, 9.17) is 11.6 Å². The summed E-state index contributed by atoms with van der Waals surface area (Å²) >= 11 is 0. The zero-order chi connectivity index (χ0) is 25.9. The standard InChI is InChI=1S/C24H26N6O5S/c1-3-16-5-4-6-17(9-16)15(2)30-8-7-21(29-30)23(32)20-12-26-14-27-24(20)28-19-10-18(22(31)11-19)13-35-36(25,33)34/h1,4-9,12,14-15,18-19,22,31H,10-11,13H2,2H3,(H2,25,33,34)(H,26,27,28)/t15?,18-,19-,22+/m1/s1. The number of aromatic nitrogens is 4. The minimum Gasteiger partial charge on any atom is -0.393 e. The van der Waals surface area contributed by atoms with Gasteiger partial charge in [-0.2, -0.15) is 13.5 Å². The molecule has 36 heavy (non-hydrogen) atoms. The molecule has 11 nitrogen and oxygen atoms in total. The Labute approximate surface area is 209 Å². The fourth-order valence-electron chi connectivity index (χ4n) is 4.24. The van der Waals surface area contributed by atoms with Crippen LogP contribution in [0.25, 0.3) is 0 Å². The van der Waals surface area contributed by atoms with Crippen LogP contribution in [0, 0.1) is 18.3 Å². The second-order valence-corrected chi connectivity index (χ2v) is 9.88. The molecule has 1 saturated carbocycles. The summed E-state index contributed by atoms with van der Waals surface area (Å²) in [6.07, 6.45) is 9.86. The number of rotatable bonds is 9. The van der Waals surface area contributed by atoms with Gasteiger partial charge in [-0.15, -0.1) is 6.42 Å². The maximum Gasteiger partial charge on any atom is 0.333 e. The molecular weight excluding hydrogens is 484 g/mol. The average Bonchev–Trinajstić information content (AvgIpc) is 3.48. The Morgan fingerprint density at radius 3 is 2.94 bits per heavy atom. The van der Waals surface area contributed by atoms with Gasteiger partial charge in [0.15, 0.2) is 0 Å². The lowest BCUT2D eigenvalue weighted by Gasteiger charge is -2.15. The molecule has 0 radical (unpaired) electrons. The molecule has 1 aliphatic rings. The summed E-state index contributed by atoms with van der Waals surface area (Å²) in [6, 6.07) is 8.77.